The number of halogens is 3. The summed E-state index contributed by atoms with van der Waals surface area (Å²) < 4.78 is 34.9. The standard InChI is InChI=1S/C6H11F3O/c1-3-4(2)5(10)6(7,8)9/h4-5,10H,3H2,1-2H3/t4-,5+/m1/s1. The number of alkyl halides is 3. The minimum absolute atomic E-state index is 0.334. The Hall–Kier alpha value is -0.250. The van der Waals surface area contributed by atoms with Crippen molar-refractivity contribution in [2.45, 2.75) is 32.5 Å². The first kappa shape index (κ1) is 9.75. The molecule has 0 radical (unpaired) electrons. The smallest absolute Gasteiger partial charge is 0.383 e. The highest BCUT2D eigenvalue weighted by molar-refractivity contribution is 4.70. The second-order valence-corrected chi connectivity index (χ2v) is 2.37. The molecule has 2 atom stereocenters. The van der Waals surface area contributed by atoms with Gasteiger partial charge in [0.2, 0.25) is 0 Å². The molecule has 0 aromatic rings. The van der Waals surface area contributed by atoms with Crippen molar-refractivity contribution in [1.82, 2.24) is 0 Å². The lowest BCUT2D eigenvalue weighted by molar-refractivity contribution is -0.217. The summed E-state index contributed by atoms with van der Waals surface area (Å²) in [6.45, 7) is 2.98. The van der Waals surface area contributed by atoms with E-state index in [1.165, 1.54) is 6.92 Å². The molecule has 0 aliphatic carbocycles. The minimum atomic E-state index is -4.46. The van der Waals surface area contributed by atoms with Crippen molar-refractivity contribution >= 4 is 0 Å². The molecule has 0 saturated carbocycles. The zero-order valence-electron chi connectivity index (χ0n) is 5.94. The Morgan fingerprint density at radius 3 is 1.90 bits per heavy atom. The Kier molecular flexibility index (Phi) is 3.15. The van der Waals surface area contributed by atoms with E-state index in [1.54, 1.807) is 6.92 Å². The van der Waals surface area contributed by atoms with E-state index in [0.29, 0.717) is 6.42 Å². The maximum atomic E-state index is 11.6. The lowest BCUT2D eigenvalue weighted by Crippen LogP contribution is -2.34. The molecule has 0 fully saturated rings. The van der Waals surface area contributed by atoms with E-state index in [2.05, 4.69) is 0 Å². The SMILES string of the molecule is CC[C@@H](C)[C@H](O)C(F)(F)F. The van der Waals surface area contributed by atoms with Gasteiger partial charge in [0, 0.05) is 0 Å². The molecule has 0 heterocycles. The summed E-state index contributed by atoms with van der Waals surface area (Å²) in [5.74, 6) is -0.708. The van der Waals surface area contributed by atoms with Crippen LogP contribution in [0.15, 0.2) is 0 Å². The van der Waals surface area contributed by atoms with E-state index >= 15 is 0 Å². The van der Waals surface area contributed by atoms with Gasteiger partial charge in [-0.15, -0.1) is 0 Å². The fraction of sp³-hybridized carbons (Fsp3) is 1.00. The predicted molar refractivity (Wildman–Crippen MR) is 31.5 cm³/mol. The average Bonchev–Trinajstić information content (AvgIpc) is 1.83. The molecule has 0 aromatic carbocycles. The highest BCUT2D eigenvalue weighted by Gasteiger charge is 2.40. The largest absolute Gasteiger partial charge is 0.414 e. The van der Waals surface area contributed by atoms with E-state index in [0.717, 1.165) is 0 Å². The molecule has 0 amide bonds. The summed E-state index contributed by atoms with van der Waals surface area (Å²) in [4.78, 5) is 0. The maximum absolute atomic E-state index is 11.6. The summed E-state index contributed by atoms with van der Waals surface area (Å²) in [7, 11) is 0. The van der Waals surface area contributed by atoms with E-state index in [4.69, 9.17) is 5.11 Å². The van der Waals surface area contributed by atoms with Gasteiger partial charge in [0.05, 0.1) is 0 Å². The summed E-state index contributed by atoms with van der Waals surface area (Å²) in [5, 5.41) is 8.53. The first-order valence-electron chi connectivity index (χ1n) is 3.14. The zero-order valence-corrected chi connectivity index (χ0v) is 5.94. The quantitative estimate of drug-likeness (QED) is 0.647. The third-order valence-electron chi connectivity index (χ3n) is 1.52. The molecule has 0 aliphatic rings. The summed E-state index contributed by atoms with van der Waals surface area (Å²) in [5.41, 5.74) is 0. The van der Waals surface area contributed by atoms with Crippen molar-refractivity contribution in [2.75, 3.05) is 0 Å². The minimum Gasteiger partial charge on any atom is -0.383 e. The lowest BCUT2D eigenvalue weighted by atomic mass is 10.0. The van der Waals surface area contributed by atoms with Gasteiger partial charge in [-0.05, 0) is 5.92 Å². The molecule has 0 aliphatic heterocycles. The highest BCUT2D eigenvalue weighted by atomic mass is 19.4. The van der Waals surface area contributed by atoms with Crippen molar-refractivity contribution in [2.24, 2.45) is 5.92 Å². The Morgan fingerprint density at radius 2 is 1.80 bits per heavy atom. The van der Waals surface area contributed by atoms with Crippen LogP contribution in [0.5, 0.6) is 0 Å². The van der Waals surface area contributed by atoms with Gasteiger partial charge < -0.3 is 5.11 Å². The summed E-state index contributed by atoms with van der Waals surface area (Å²) >= 11 is 0. The van der Waals surface area contributed by atoms with E-state index in [9.17, 15) is 13.2 Å². The van der Waals surface area contributed by atoms with Crippen LogP contribution in [0.3, 0.4) is 0 Å². The van der Waals surface area contributed by atoms with Crippen LogP contribution in [-0.4, -0.2) is 17.4 Å². The first-order chi connectivity index (χ1) is 4.39. The molecule has 62 valence electrons. The molecule has 0 rings (SSSR count). The molecular weight excluding hydrogens is 145 g/mol. The fourth-order valence-electron chi connectivity index (χ4n) is 0.546. The molecule has 1 N–H and O–H groups in total. The number of hydrogen-bond donors (Lipinski definition) is 1. The van der Waals surface area contributed by atoms with E-state index in [1.807, 2.05) is 0 Å². The Balaban J connectivity index is 3.94. The topological polar surface area (TPSA) is 20.2 Å². The highest BCUT2D eigenvalue weighted by Crippen LogP contribution is 2.26. The van der Waals surface area contributed by atoms with Crippen molar-refractivity contribution in [3.05, 3.63) is 0 Å². The van der Waals surface area contributed by atoms with Crippen molar-refractivity contribution in [3.63, 3.8) is 0 Å². The first-order valence-corrected chi connectivity index (χ1v) is 3.14. The third kappa shape index (κ3) is 2.56. The van der Waals surface area contributed by atoms with Crippen molar-refractivity contribution in [3.8, 4) is 0 Å². The molecule has 0 bridgehead atoms. The van der Waals surface area contributed by atoms with Crippen LogP contribution in [0.1, 0.15) is 20.3 Å². The number of aliphatic hydroxyl groups is 1. The zero-order chi connectivity index (χ0) is 8.36. The van der Waals surface area contributed by atoms with Gasteiger partial charge in [0.15, 0.2) is 6.10 Å². The summed E-state index contributed by atoms with van der Waals surface area (Å²) in [6, 6.07) is 0. The Bertz CT molecular complexity index is 99.7. The number of rotatable bonds is 2. The van der Waals surface area contributed by atoms with E-state index < -0.39 is 18.2 Å². The van der Waals surface area contributed by atoms with Crippen LogP contribution in [0.2, 0.25) is 0 Å². The Labute approximate surface area is 57.9 Å². The van der Waals surface area contributed by atoms with Crippen LogP contribution >= 0.6 is 0 Å². The molecule has 1 nitrogen and oxygen atoms in total. The average molecular weight is 156 g/mol. The van der Waals surface area contributed by atoms with Gasteiger partial charge in [-0.3, -0.25) is 0 Å². The second kappa shape index (κ2) is 3.23. The monoisotopic (exact) mass is 156 g/mol. The third-order valence-corrected chi connectivity index (χ3v) is 1.52. The Morgan fingerprint density at radius 1 is 1.40 bits per heavy atom. The van der Waals surface area contributed by atoms with Gasteiger partial charge >= 0.3 is 6.18 Å². The van der Waals surface area contributed by atoms with Gasteiger partial charge in [-0.1, -0.05) is 20.3 Å². The van der Waals surface area contributed by atoms with Crippen LogP contribution in [0.25, 0.3) is 0 Å². The van der Waals surface area contributed by atoms with Crippen LogP contribution in [-0.2, 0) is 0 Å². The van der Waals surface area contributed by atoms with Crippen LogP contribution in [0, 0.1) is 5.92 Å². The summed E-state index contributed by atoms with van der Waals surface area (Å²) in [6.07, 6.45) is -6.30. The molecule has 0 unspecified atom stereocenters. The number of hydrogen-bond acceptors (Lipinski definition) is 1. The number of aliphatic hydroxyl groups excluding tert-OH is 1. The molecule has 0 spiro atoms. The van der Waals surface area contributed by atoms with Gasteiger partial charge in [-0.2, -0.15) is 13.2 Å². The lowest BCUT2D eigenvalue weighted by Gasteiger charge is -2.19. The molecule has 0 aromatic heterocycles. The molecule has 10 heavy (non-hydrogen) atoms. The second-order valence-electron chi connectivity index (χ2n) is 2.37. The van der Waals surface area contributed by atoms with E-state index in [-0.39, 0.29) is 0 Å². The van der Waals surface area contributed by atoms with Crippen LogP contribution in [0.4, 0.5) is 13.2 Å². The molecular formula is C6H11F3O. The van der Waals surface area contributed by atoms with Gasteiger partial charge in [0.1, 0.15) is 0 Å². The fourth-order valence-corrected chi connectivity index (χ4v) is 0.546. The molecule has 0 saturated heterocycles. The maximum Gasteiger partial charge on any atom is 0.414 e. The van der Waals surface area contributed by atoms with Crippen LogP contribution < -0.4 is 0 Å². The normalized spacial score (nSPS) is 18.6. The van der Waals surface area contributed by atoms with Crippen molar-refractivity contribution in [1.29, 1.82) is 0 Å². The molecule has 4 heteroatoms. The predicted octanol–water partition coefficient (Wildman–Crippen LogP) is 1.96. The van der Waals surface area contributed by atoms with Gasteiger partial charge in [0.25, 0.3) is 0 Å². The van der Waals surface area contributed by atoms with Crippen molar-refractivity contribution < 1.29 is 18.3 Å². The van der Waals surface area contributed by atoms with Gasteiger partial charge in [-0.25, -0.2) is 0 Å².